The van der Waals surface area contributed by atoms with Crippen molar-refractivity contribution < 1.29 is 35.5 Å². The van der Waals surface area contributed by atoms with E-state index in [2.05, 4.69) is 20.5 Å². The second-order valence-electron chi connectivity index (χ2n) is 8.44. The number of hydrogen-bond acceptors (Lipinski definition) is 7. The number of rotatable bonds is 6. The smallest absolute Gasteiger partial charge is 0.418 e. The van der Waals surface area contributed by atoms with Crippen LogP contribution in [0.1, 0.15) is 51.5 Å². The Labute approximate surface area is 203 Å². The van der Waals surface area contributed by atoms with E-state index in [-0.39, 0.29) is 27.9 Å². The van der Waals surface area contributed by atoms with Gasteiger partial charge in [-0.1, -0.05) is 6.07 Å². The Bertz CT molecular complexity index is 1470. The first kappa shape index (κ1) is 25.5. The summed E-state index contributed by atoms with van der Waals surface area (Å²) < 4.78 is 84.5. The summed E-state index contributed by atoms with van der Waals surface area (Å²) in [7, 11) is -3.61. The monoisotopic (exact) mass is 524 g/mol. The quantitative estimate of drug-likeness (QED) is 0.453. The van der Waals surface area contributed by atoms with E-state index in [0.29, 0.717) is 5.56 Å². The van der Waals surface area contributed by atoms with Gasteiger partial charge in [-0.2, -0.15) is 13.2 Å². The summed E-state index contributed by atoms with van der Waals surface area (Å²) in [6.07, 6.45) is -1.02. The number of benzene rings is 1. The van der Waals surface area contributed by atoms with Gasteiger partial charge in [0, 0.05) is 29.3 Å². The molecule has 1 aromatic carbocycles. The van der Waals surface area contributed by atoms with Gasteiger partial charge in [0.2, 0.25) is 5.88 Å². The van der Waals surface area contributed by atoms with Gasteiger partial charge in [0.25, 0.3) is 11.8 Å². The minimum absolute atomic E-state index is 0.00552. The second-order valence-corrected chi connectivity index (χ2v) is 10.5. The third kappa shape index (κ3) is 5.15. The number of pyridine rings is 1. The zero-order valence-electron chi connectivity index (χ0n) is 19.3. The standard InChI is InChI=1S/C23H20F4N4O4S/c1-11-17(20(32)29-14-5-4-6-15(9-14)36(3,33)34)22(31-30-19(11)23(25,26)27)35-21-12(2)18(24)16(10-28-21)13-7-8-13/h4-6,9-10,13H,7-8H2,1-3H3,(H,29,32). The van der Waals surface area contributed by atoms with Crippen LogP contribution in [-0.4, -0.2) is 35.8 Å². The van der Waals surface area contributed by atoms with Crippen molar-refractivity contribution in [2.45, 2.75) is 43.7 Å². The lowest BCUT2D eigenvalue weighted by Gasteiger charge is -2.17. The molecular weight excluding hydrogens is 504 g/mol. The maximum atomic E-state index is 14.8. The fourth-order valence-electron chi connectivity index (χ4n) is 3.57. The maximum Gasteiger partial charge on any atom is 0.435 e. The summed E-state index contributed by atoms with van der Waals surface area (Å²) in [5.41, 5.74) is -2.19. The topological polar surface area (TPSA) is 111 Å². The predicted octanol–water partition coefficient (Wildman–Crippen LogP) is 4.97. The van der Waals surface area contributed by atoms with Crippen LogP contribution in [-0.2, 0) is 16.0 Å². The van der Waals surface area contributed by atoms with Crippen LogP contribution in [0.2, 0.25) is 0 Å². The molecule has 13 heteroatoms. The molecule has 0 spiro atoms. The number of amides is 1. The number of ether oxygens (including phenoxy) is 1. The SMILES string of the molecule is Cc1c(Oc2nnc(C(F)(F)F)c(C)c2C(=O)Nc2cccc(S(C)(=O)=O)c2)ncc(C2CC2)c1F. The number of nitrogens with zero attached hydrogens (tertiary/aromatic N) is 3. The van der Waals surface area contributed by atoms with Crippen molar-refractivity contribution in [1.82, 2.24) is 15.2 Å². The number of carbonyl (C=O) groups is 1. The zero-order chi connectivity index (χ0) is 26.4. The molecule has 0 radical (unpaired) electrons. The number of nitrogens with one attached hydrogen (secondary N) is 1. The first-order valence-electron chi connectivity index (χ1n) is 10.7. The molecule has 8 nitrogen and oxygen atoms in total. The molecule has 0 unspecified atom stereocenters. The molecular formula is C23H20F4N4O4S. The van der Waals surface area contributed by atoms with Gasteiger partial charge in [-0.05, 0) is 56.4 Å². The second kappa shape index (κ2) is 9.12. The molecule has 3 aromatic rings. The summed E-state index contributed by atoms with van der Waals surface area (Å²) >= 11 is 0. The molecule has 2 heterocycles. The lowest BCUT2D eigenvalue weighted by Crippen LogP contribution is -2.21. The van der Waals surface area contributed by atoms with E-state index in [4.69, 9.17) is 4.74 Å². The van der Waals surface area contributed by atoms with E-state index in [1.807, 2.05) is 0 Å². The fraction of sp³-hybridized carbons (Fsp3) is 0.304. The number of alkyl halides is 3. The lowest BCUT2D eigenvalue weighted by molar-refractivity contribution is -0.142. The first-order valence-corrected chi connectivity index (χ1v) is 12.5. The van der Waals surface area contributed by atoms with Crippen LogP contribution >= 0.6 is 0 Å². The van der Waals surface area contributed by atoms with Gasteiger partial charge in [-0.3, -0.25) is 4.79 Å². The highest BCUT2D eigenvalue weighted by Crippen LogP contribution is 2.43. The Kier molecular flexibility index (Phi) is 6.45. The van der Waals surface area contributed by atoms with Crippen LogP contribution < -0.4 is 10.1 Å². The summed E-state index contributed by atoms with van der Waals surface area (Å²) in [5.74, 6) is -2.46. The van der Waals surface area contributed by atoms with Crippen LogP contribution in [0.15, 0.2) is 35.4 Å². The van der Waals surface area contributed by atoms with Gasteiger partial charge in [0.05, 0.1) is 4.90 Å². The third-order valence-corrected chi connectivity index (χ3v) is 6.75. The summed E-state index contributed by atoms with van der Waals surface area (Å²) in [4.78, 5) is 17.1. The summed E-state index contributed by atoms with van der Waals surface area (Å²) in [6, 6.07) is 5.17. The normalized spacial score (nSPS) is 14.0. The molecule has 1 saturated carbocycles. The number of anilines is 1. The van der Waals surface area contributed by atoms with Crippen LogP contribution in [0.5, 0.6) is 11.8 Å². The van der Waals surface area contributed by atoms with Crippen molar-refractivity contribution in [1.29, 1.82) is 0 Å². The molecule has 36 heavy (non-hydrogen) atoms. The van der Waals surface area contributed by atoms with Crippen molar-refractivity contribution in [2.24, 2.45) is 0 Å². The Morgan fingerprint density at radius 1 is 1.11 bits per heavy atom. The van der Waals surface area contributed by atoms with Gasteiger partial charge in [0.1, 0.15) is 11.4 Å². The van der Waals surface area contributed by atoms with E-state index < -0.39 is 50.4 Å². The van der Waals surface area contributed by atoms with Crippen molar-refractivity contribution in [3.8, 4) is 11.8 Å². The van der Waals surface area contributed by atoms with Gasteiger partial charge in [-0.15, -0.1) is 10.2 Å². The van der Waals surface area contributed by atoms with Gasteiger partial charge in [0.15, 0.2) is 15.5 Å². The third-order valence-electron chi connectivity index (χ3n) is 5.64. The van der Waals surface area contributed by atoms with Crippen molar-refractivity contribution >= 4 is 21.4 Å². The molecule has 1 aliphatic rings. The molecule has 4 rings (SSSR count). The van der Waals surface area contributed by atoms with Crippen LogP contribution in [0.4, 0.5) is 23.2 Å². The Hall–Kier alpha value is -3.61. The van der Waals surface area contributed by atoms with E-state index in [1.54, 1.807) is 0 Å². The summed E-state index contributed by atoms with van der Waals surface area (Å²) in [5, 5.41) is 8.98. The van der Waals surface area contributed by atoms with E-state index in [9.17, 15) is 30.8 Å². The highest BCUT2D eigenvalue weighted by Gasteiger charge is 2.38. The Morgan fingerprint density at radius 2 is 1.81 bits per heavy atom. The number of carbonyl (C=O) groups excluding carboxylic acids is 1. The molecule has 0 bridgehead atoms. The molecule has 1 aliphatic carbocycles. The Balaban J connectivity index is 1.76. The number of aromatic nitrogens is 3. The predicted molar refractivity (Wildman–Crippen MR) is 120 cm³/mol. The van der Waals surface area contributed by atoms with Gasteiger partial charge < -0.3 is 10.1 Å². The molecule has 1 N–H and O–H groups in total. The largest absolute Gasteiger partial charge is 0.435 e. The molecule has 1 fully saturated rings. The minimum atomic E-state index is -4.92. The van der Waals surface area contributed by atoms with E-state index in [1.165, 1.54) is 31.3 Å². The Morgan fingerprint density at radius 3 is 2.42 bits per heavy atom. The molecule has 0 atom stereocenters. The molecule has 2 aromatic heterocycles. The van der Waals surface area contributed by atoms with Gasteiger partial charge >= 0.3 is 6.18 Å². The summed E-state index contributed by atoms with van der Waals surface area (Å²) in [6.45, 7) is 2.41. The minimum Gasteiger partial charge on any atom is -0.418 e. The molecule has 0 saturated heterocycles. The van der Waals surface area contributed by atoms with Crippen LogP contribution in [0, 0.1) is 19.7 Å². The number of halogens is 4. The lowest BCUT2D eigenvalue weighted by atomic mass is 10.1. The molecule has 1 amide bonds. The fourth-order valence-corrected chi connectivity index (χ4v) is 4.24. The van der Waals surface area contributed by atoms with Crippen LogP contribution in [0.3, 0.4) is 0 Å². The molecule has 0 aliphatic heterocycles. The van der Waals surface area contributed by atoms with Crippen molar-refractivity contribution in [2.75, 3.05) is 11.6 Å². The van der Waals surface area contributed by atoms with Crippen LogP contribution in [0.25, 0.3) is 0 Å². The van der Waals surface area contributed by atoms with Crippen molar-refractivity contribution in [3.05, 3.63) is 64.2 Å². The first-order chi connectivity index (χ1) is 16.8. The maximum absolute atomic E-state index is 14.8. The average Bonchev–Trinajstić information content (AvgIpc) is 3.61. The van der Waals surface area contributed by atoms with Crippen molar-refractivity contribution in [3.63, 3.8) is 0 Å². The molecule has 190 valence electrons. The zero-order valence-corrected chi connectivity index (χ0v) is 20.1. The average molecular weight is 524 g/mol. The highest BCUT2D eigenvalue weighted by molar-refractivity contribution is 7.90. The van der Waals surface area contributed by atoms with E-state index in [0.717, 1.165) is 32.1 Å². The number of sulfone groups is 1. The van der Waals surface area contributed by atoms with Gasteiger partial charge in [-0.25, -0.2) is 17.8 Å². The van der Waals surface area contributed by atoms with E-state index >= 15 is 0 Å². The highest BCUT2D eigenvalue weighted by atomic mass is 32.2. The number of hydrogen-bond donors (Lipinski definition) is 1.